The Hall–Kier alpha value is -1.83. The van der Waals surface area contributed by atoms with Crippen LogP contribution in [0.4, 0.5) is 9.59 Å². The maximum atomic E-state index is 12.1. The summed E-state index contributed by atoms with van der Waals surface area (Å²) in [5, 5.41) is 2.75. The molecule has 3 amide bonds. The first kappa shape index (κ1) is 19.2. The molecule has 0 aromatic rings. The van der Waals surface area contributed by atoms with Crippen molar-refractivity contribution in [3.63, 3.8) is 0 Å². The monoisotopic (exact) mass is 302 g/mol. The number of amides is 3. The van der Waals surface area contributed by atoms with E-state index in [0.717, 1.165) is 6.42 Å². The summed E-state index contributed by atoms with van der Waals surface area (Å²) in [6.07, 6.45) is 0.000964. The van der Waals surface area contributed by atoms with Gasteiger partial charge in [-0.25, -0.2) is 9.59 Å². The van der Waals surface area contributed by atoms with E-state index in [0.29, 0.717) is 13.2 Å². The van der Waals surface area contributed by atoms with Crippen LogP contribution in [0.15, 0.2) is 4.99 Å². The number of methoxy groups -OCH3 is 1. The van der Waals surface area contributed by atoms with Crippen molar-refractivity contribution in [1.29, 1.82) is 0 Å². The van der Waals surface area contributed by atoms with Crippen molar-refractivity contribution in [2.24, 2.45) is 4.99 Å². The maximum absolute atomic E-state index is 12.1. The largest absolute Gasteiger partial charge is 0.451 e. The molecule has 0 radical (unpaired) electrons. The number of nitrogens with zero attached hydrogens (tertiary/aromatic N) is 3. The molecule has 0 heterocycles. The van der Waals surface area contributed by atoms with Gasteiger partial charge in [-0.05, 0) is 13.3 Å². The first-order valence-corrected chi connectivity index (χ1v) is 6.84. The lowest BCUT2D eigenvalue weighted by Crippen LogP contribution is -2.48. The molecule has 8 nitrogen and oxygen atoms in total. The number of hydrogen-bond donors (Lipinski definition) is 1. The van der Waals surface area contributed by atoms with E-state index < -0.39 is 6.09 Å². The van der Waals surface area contributed by atoms with Crippen molar-refractivity contribution < 1.29 is 19.1 Å². The summed E-state index contributed by atoms with van der Waals surface area (Å²) < 4.78 is 9.94. The van der Waals surface area contributed by atoms with Gasteiger partial charge in [0.15, 0.2) is 0 Å². The fourth-order valence-electron chi connectivity index (χ4n) is 1.57. The third-order valence-electron chi connectivity index (χ3n) is 2.71. The van der Waals surface area contributed by atoms with E-state index in [-0.39, 0.29) is 18.1 Å². The third kappa shape index (κ3) is 6.94. The number of urea groups is 1. The number of nitrogens with one attached hydrogen (secondary N) is 1. The molecule has 122 valence electrons. The molecule has 0 aliphatic rings. The van der Waals surface area contributed by atoms with Gasteiger partial charge in [-0.15, -0.1) is 4.99 Å². The van der Waals surface area contributed by atoms with Crippen molar-refractivity contribution in [3.8, 4) is 0 Å². The zero-order valence-corrected chi connectivity index (χ0v) is 13.7. The lowest BCUT2D eigenvalue weighted by atomic mass is 10.3. The average molecular weight is 302 g/mol. The summed E-state index contributed by atoms with van der Waals surface area (Å²) >= 11 is 0. The van der Waals surface area contributed by atoms with Gasteiger partial charge in [0.2, 0.25) is 5.96 Å². The number of aliphatic imine (C=N–C) groups is 1. The van der Waals surface area contributed by atoms with Crippen molar-refractivity contribution >= 4 is 18.1 Å². The van der Waals surface area contributed by atoms with Crippen LogP contribution in [-0.2, 0) is 9.47 Å². The highest BCUT2D eigenvalue weighted by Gasteiger charge is 2.19. The zero-order chi connectivity index (χ0) is 16.4. The summed E-state index contributed by atoms with van der Waals surface area (Å²) in [5.74, 6) is 0.184. The van der Waals surface area contributed by atoms with E-state index >= 15 is 0 Å². The minimum absolute atomic E-state index is 0.0345. The van der Waals surface area contributed by atoms with Gasteiger partial charge in [0.05, 0.1) is 13.2 Å². The van der Waals surface area contributed by atoms with Crippen LogP contribution in [0.1, 0.15) is 20.3 Å². The van der Waals surface area contributed by atoms with Gasteiger partial charge in [-0.1, -0.05) is 6.92 Å². The van der Waals surface area contributed by atoms with Crippen molar-refractivity contribution in [2.45, 2.75) is 26.4 Å². The first-order chi connectivity index (χ1) is 9.87. The molecule has 0 aromatic carbocycles. The highest BCUT2D eigenvalue weighted by atomic mass is 16.5. The standard InChI is InChI=1S/C13H26N4O4/c1-7-10(21-8-2)9-14-12(18)17(5)11(16(3)4)15-13(19)20-6/h10H,7-9H2,1-6H3,(H,14,18)/b15-11-. The number of ether oxygens (including phenoxy) is 2. The predicted octanol–water partition coefficient (Wildman–Crippen LogP) is 1.13. The molecule has 0 aliphatic carbocycles. The Morgan fingerprint density at radius 2 is 1.86 bits per heavy atom. The van der Waals surface area contributed by atoms with Crippen LogP contribution in [0.2, 0.25) is 0 Å². The van der Waals surface area contributed by atoms with E-state index in [1.54, 1.807) is 19.0 Å². The molecule has 0 aromatic heterocycles. The fourth-order valence-corrected chi connectivity index (χ4v) is 1.57. The second-order valence-corrected chi connectivity index (χ2v) is 4.51. The number of rotatable bonds is 5. The van der Waals surface area contributed by atoms with Crippen LogP contribution >= 0.6 is 0 Å². The molecule has 1 atom stereocenters. The molecule has 0 fully saturated rings. The Kier molecular flexibility index (Phi) is 9.11. The quantitative estimate of drug-likeness (QED) is 0.608. The van der Waals surface area contributed by atoms with E-state index in [1.165, 1.54) is 19.1 Å². The van der Waals surface area contributed by atoms with Gasteiger partial charge in [0.1, 0.15) is 0 Å². The highest BCUT2D eigenvalue weighted by Crippen LogP contribution is 1.99. The molecule has 8 heteroatoms. The van der Waals surface area contributed by atoms with Crippen LogP contribution in [0.3, 0.4) is 0 Å². The Bertz CT molecular complexity index is 371. The molecule has 0 bridgehead atoms. The zero-order valence-electron chi connectivity index (χ0n) is 13.7. The summed E-state index contributed by atoms with van der Waals surface area (Å²) in [6.45, 7) is 4.88. The summed E-state index contributed by atoms with van der Waals surface area (Å²) in [4.78, 5) is 29.8. The van der Waals surface area contributed by atoms with Crippen LogP contribution < -0.4 is 5.32 Å². The van der Waals surface area contributed by atoms with Crippen LogP contribution in [-0.4, -0.2) is 75.4 Å². The molecule has 1 unspecified atom stereocenters. The van der Waals surface area contributed by atoms with Gasteiger partial charge < -0.3 is 19.7 Å². The van der Waals surface area contributed by atoms with E-state index in [9.17, 15) is 9.59 Å². The van der Waals surface area contributed by atoms with Crippen molar-refractivity contribution in [3.05, 3.63) is 0 Å². The maximum Gasteiger partial charge on any atom is 0.436 e. The van der Waals surface area contributed by atoms with E-state index in [1.807, 2.05) is 13.8 Å². The number of hydrogen-bond acceptors (Lipinski definition) is 4. The molecule has 1 N–H and O–H groups in total. The molecule has 0 saturated heterocycles. The Labute approximate surface area is 126 Å². The number of carbonyl (C=O) groups excluding carboxylic acids is 2. The SMILES string of the molecule is CCOC(CC)CNC(=O)N(C)/C(=N\C(=O)OC)N(C)C. The normalized spacial score (nSPS) is 12.6. The van der Waals surface area contributed by atoms with E-state index in [4.69, 9.17) is 4.74 Å². The van der Waals surface area contributed by atoms with Crippen molar-refractivity contribution in [1.82, 2.24) is 15.1 Å². The minimum atomic E-state index is -0.765. The third-order valence-corrected chi connectivity index (χ3v) is 2.71. The molecular formula is C13H26N4O4. The average Bonchev–Trinajstić information content (AvgIpc) is 2.47. The van der Waals surface area contributed by atoms with Gasteiger partial charge in [0.25, 0.3) is 0 Å². The van der Waals surface area contributed by atoms with Gasteiger partial charge >= 0.3 is 12.1 Å². The second kappa shape index (κ2) is 9.98. The minimum Gasteiger partial charge on any atom is -0.451 e. The van der Waals surface area contributed by atoms with Gasteiger partial charge in [0, 0.05) is 34.3 Å². The van der Waals surface area contributed by atoms with Crippen LogP contribution in [0, 0.1) is 0 Å². The summed E-state index contributed by atoms with van der Waals surface area (Å²) in [7, 11) is 6.12. The predicted molar refractivity (Wildman–Crippen MR) is 80.4 cm³/mol. The molecule has 0 aliphatic heterocycles. The molecular weight excluding hydrogens is 276 g/mol. The highest BCUT2D eigenvalue weighted by molar-refractivity contribution is 5.99. The lowest BCUT2D eigenvalue weighted by molar-refractivity contribution is 0.0613. The Morgan fingerprint density at radius 3 is 2.29 bits per heavy atom. The molecule has 0 spiro atoms. The van der Waals surface area contributed by atoms with Crippen LogP contribution in [0.25, 0.3) is 0 Å². The van der Waals surface area contributed by atoms with Gasteiger partial charge in [-0.2, -0.15) is 0 Å². The Balaban J connectivity index is 4.72. The first-order valence-electron chi connectivity index (χ1n) is 6.84. The van der Waals surface area contributed by atoms with Crippen molar-refractivity contribution in [2.75, 3.05) is 41.4 Å². The smallest absolute Gasteiger partial charge is 0.436 e. The summed E-state index contributed by atoms with van der Waals surface area (Å²) in [5.41, 5.74) is 0. The number of carbonyl (C=O) groups is 2. The lowest BCUT2D eigenvalue weighted by Gasteiger charge is -2.25. The molecule has 0 saturated carbocycles. The fraction of sp³-hybridized carbons (Fsp3) is 0.769. The molecule has 21 heavy (non-hydrogen) atoms. The van der Waals surface area contributed by atoms with Crippen LogP contribution in [0.5, 0.6) is 0 Å². The number of guanidine groups is 1. The molecule has 0 rings (SSSR count). The second-order valence-electron chi connectivity index (χ2n) is 4.51. The summed E-state index contributed by atoms with van der Waals surface area (Å²) in [6, 6.07) is -0.371. The topological polar surface area (TPSA) is 83.5 Å². The van der Waals surface area contributed by atoms with E-state index in [2.05, 4.69) is 15.0 Å². The van der Waals surface area contributed by atoms with Gasteiger partial charge in [-0.3, -0.25) is 4.90 Å². The Morgan fingerprint density at radius 1 is 1.24 bits per heavy atom.